The average molecular weight is 359 g/mol. The van der Waals surface area contributed by atoms with Crippen LogP contribution >= 0.6 is 0 Å². The van der Waals surface area contributed by atoms with Gasteiger partial charge in [0, 0.05) is 43.5 Å². The van der Waals surface area contributed by atoms with Crippen molar-refractivity contribution in [3.63, 3.8) is 0 Å². The van der Waals surface area contributed by atoms with E-state index in [1.54, 1.807) is 14.2 Å². The molecule has 3 heterocycles. The first-order valence-corrected chi connectivity index (χ1v) is 8.91. The number of benzene rings is 1. The van der Waals surface area contributed by atoms with Crippen molar-refractivity contribution in [1.82, 2.24) is 15.0 Å². The number of aromatic nitrogens is 2. The summed E-state index contributed by atoms with van der Waals surface area (Å²) in [6, 6.07) is 6.04. The van der Waals surface area contributed by atoms with Gasteiger partial charge in [0.15, 0.2) is 5.82 Å². The molecule has 7 nitrogen and oxygen atoms in total. The fourth-order valence-electron chi connectivity index (χ4n) is 4.24. The maximum absolute atomic E-state index is 5.81. The van der Waals surface area contributed by atoms with Gasteiger partial charge >= 0.3 is 0 Å². The molecule has 7 heteroatoms. The highest BCUT2D eigenvalue weighted by Gasteiger charge is 2.51. The second-order valence-electron chi connectivity index (χ2n) is 7.38. The summed E-state index contributed by atoms with van der Waals surface area (Å²) in [5, 5.41) is 3.93. The van der Waals surface area contributed by atoms with Gasteiger partial charge in [-0.25, -0.2) is 0 Å². The zero-order chi connectivity index (χ0) is 18.1. The highest BCUT2D eigenvalue weighted by Crippen LogP contribution is 2.44. The smallest absolute Gasteiger partial charge is 0.227 e. The number of hydrogen-bond donors (Lipinski definition) is 0. The van der Waals surface area contributed by atoms with Gasteiger partial charge < -0.3 is 18.7 Å². The minimum absolute atomic E-state index is 0.0575. The molecule has 0 N–H and O–H groups in total. The number of hydrogen-bond acceptors (Lipinski definition) is 7. The Bertz CT molecular complexity index is 756. The van der Waals surface area contributed by atoms with Crippen LogP contribution in [0.2, 0.25) is 0 Å². The molecule has 0 saturated carbocycles. The molecule has 2 atom stereocenters. The molecule has 0 spiro atoms. The summed E-state index contributed by atoms with van der Waals surface area (Å²) in [6.45, 7) is 6.21. The largest absolute Gasteiger partial charge is 0.497 e. The summed E-state index contributed by atoms with van der Waals surface area (Å²) < 4.78 is 22.0. The Morgan fingerprint density at radius 1 is 1.23 bits per heavy atom. The molecular formula is C19H25N3O4. The Morgan fingerprint density at radius 3 is 2.65 bits per heavy atom. The van der Waals surface area contributed by atoms with Crippen LogP contribution in [-0.4, -0.2) is 55.6 Å². The van der Waals surface area contributed by atoms with Crippen molar-refractivity contribution in [3.05, 3.63) is 35.5 Å². The zero-order valence-corrected chi connectivity index (χ0v) is 15.5. The van der Waals surface area contributed by atoms with E-state index in [1.807, 2.05) is 13.0 Å². The summed E-state index contributed by atoms with van der Waals surface area (Å²) in [5.74, 6) is 3.52. The Hall–Kier alpha value is -2.12. The van der Waals surface area contributed by atoms with Crippen LogP contribution in [-0.2, 0) is 17.7 Å². The quantitative estimate of drug-likeness (QED) is 0.782. The van der Waals surface area contributed by atoms with Crippen molar-refractivity contribution in [1.29, 1.82) is 0 Å². The average Bonchev–Trinajstić information content (AvgIpc) is 3.28. The van der Waals surface area contributed by atoms with E-state index in [1.165, 1.54) is 5.56 Å². The van der Waals surface area contributed by atoms with Crippen LogP contribution < -0.4 is 9.47 Å². The van der Waals surface area contributed by atoms with E-state index < -0.39 is 0 Å². The lowest BCUT2D eigenvalue weighted by Gasteiger charge is -2.25. The minimum atomic E-state index is 0.0575. The number of fused-ring (bicyclic) bond motifs is 1. The molecular weight excluding hydrogens is 334 g/mol. The molecule has 2 saturated heterocycles. The zero-order valence-electron chi connectivity index (χ0n) is 15.5. The maximum atomic E-state index is 5.81. The lowest BCUT2D eigenvalue weighted by Crippen LogP contribution is -2.33. The Balaban J connectivity index is 1.50. The van der Waals surface area contributed by atoms with Gasteiger partial charge in [0.1, 0.15) is 11.5 Å². The van der Waals surface area contributed by atoms with Crippen LogP contribution in [0.3, 0.4) is 0 Å². The standard InChI is InChI=1S/C19H25N3O4/c1-13-20-18(26-21-13)7-19-11-22(9-15(19)10-25-12-19)8-14-4-16(23-2)6-17(5-14)24-3/h4-6,15H,7-12H2,1-3H3/t15-,19+/m1/s1. The van der Waals surface area contributed by atoms with Crippen molar-refractivity contribution in [2.45, 2.75) is 19.9 Å². The van der Waals surface area contributed by atoms with E-state index in [9.17, 15) is 0 Å². The minimum Gasteiger partial charge on any atom is -0.497 e. The van der Waals surface area contributed by atoms with Gasteiger partial charge in [-0.3, -0.25) is 4.90 Å². The normalized spacial score (nSPS) is 25.4. The maximum Gasteiger partial charge on any atom is 0.227 e. The molecule has 2 aliphatic heterocycles. The second-order valence-corrected chi connectivity index (χ2v) is 7.38. The summed E-state index contributed by atoms with van der Waals surface area (Å²) in [4.78, 5) is 6.88. The number of likely N-dealkylation sites (tertiary alicyclic amines) is 1. The van der Waals surface area contributed by atoms with Gasteiger partial charge in [-0.05, 0) is 24.6 Å². The lowest BCUT2D eigenvalue weighted by molar-refractivity contribution is 0.122. The third-order valence-corrected chi connectivity index (χ3v) is 5.48. The highest BCUT2D eigenvalue weighted by molar-refractivity contribution is 5.38. The summed E-state index contributed by atoms with van der Waals surface area (Å²) >= 11 is 0. The lowest BCUT2D eigenvalue weighted by atomic mass is 9.78. The molecule has 1 aromatic carbocycles. The van der Waals surface area contributed by atoms with Gasteiger partial charge in [0.2, 0.25) is 5.89 Å². The van der Waals surface area contributed by atoms with E-state index in [-0.39, 0.29) is 5.41 Å². The molecule has 2 aliphatic rings. The summed E-state index contributed by atoms with van der Waals surface area (Å²) in [5.41, 5.74) is 1.24. The van der Waals surface area contributed by atoms with Crippen molar-refractivity contribution >= 4 is 0 Å². The molecule has 0 amide bonds. The molecule has 0 radical (unpaired) electrons. The number of nitrogens with zero attached hydrogens (tertiary/aromatic N) is 3. The third-order valence-electron chi connectivity index (χ3n) is 5.48. The van der Waals surface area contributed by atoms with Gasteiger partial charge in [-0.1, -0.05) is 5.16 Å². The predicted molar refractivity (Wildman–Crippen MR) is 94.3 cm³/mol. The highest BCUT2D eigenvalue weighted by atomic mass is 16.5. The van der Waals surface area contributed by atoms with Crippen LogP contribution in [0, 0.1) is 18.3 Å². The monoisotopic (exact) mass is 359 g/mol. The molecule has 1 aromatic heterocycles. The van der Waals surface area contributed by atoms with Crippen molar-refractivity contribution in [2.75, 3.05) is 40.5 Å². The molecule has 2 fully saturated rings. The van der Waals surface area contributed by atoms with Gasteiger partial charge in [0.25, 0.3) is 0 Å². The van der Waals surface area contributed by atoms with E-state index >= 15 is 0 Å². The van der Waals surface area contributed by atoms with Crippen LogP contribution in [0.15, 0.2) is 22.7 Å². The van der Waals surface area contributed by atoms with E-state index in [0.717, 1.165) is 50.8 Å². The second kappa shape index (κ2) is 6.89. The van der Waals surface area contributed by atoms with Crippen LogP contribution in [0.4, 0.5) is 0 Å². The summed E-state index contributed by atoms with van der Waals surface area (Å²) in [7, 11) is 3.36. The molecule has 0 aliphatic carbocycles. The number of methoxy groups -OCH3 is 2. The van der Waals surface area contributed by atoms with E-state index in [0.29, 0.717) is 17.6 Å². The van der Waals surface area contributed by atoms with Gasteiger partial charge in [-0.2, -0.15) is 4.98 Å². The van der Waals surface area contributed by atoms with Gasteiger partial charge in [-0.15, -0.1) is 0 Å². The van der Waals surface area contributed by atoms with E-state index in [2.05, 4.69) is 27.2 Å². The first-order valence-electron chi connectivity index (χ1n) is 8.91. The topological polar surface area (TPSA) is 69.9 Å². The molecule has 0 bridgehead atoms. The first kappa shape index (κ1) is 17.3. The Labute approximate surface area is 153 Å². The SMILES string of the molecule is COc1cc(CN2C[C@@H]3COC[C@]3(Cc3nc(C)no3)C2)cc(OC)c1. The van der Waals surface area contributed by atoms with Crippen molar-refractivity contribution in [3.8, 4) is 11.5 Å². The fourth-order valence-corrected chi connectivity index (χ4v) is 4.24. The number of rotatable bonds is 6. The molecule has 140 valence electrons. The van der Waals surface area contributed by atoms with Crippen LogP contribution in [0.1, 0.15) is 17.3 Å². The van der Waals surface area contributed by atoms with Crippen molar-refractivity contribution < 1.29 is 18.7 Å². The molecule has 0 unspecified atom stereocenters. The van der Waals surface area contributed by atoms with E-state index in [4.69, 9.17) is 18.7 Å². The molecule has 26 heavy (non-hydrogen) atoms. The summed E-state index contributed by atoms with van der Waals surface area (Å²) in [6.07, 6.45) is 0.774. The molecule has 4 rings (SSSR count). The van der Waals surface area contributed by atoms with Crippen LogP contribution in [0.5, 0.6) is 11.5 Å². The van der Waals surface area contributed by atoms with Crippen molar-refractivity contribution in [2.24, 2.45) is 11.3 Å². The fraction of sp³-hybridized carbons (Fsp3) is 0.579. The Kier molecular flexibility index (Phi) is 4.58. The number of aryl methyl sites for hydroxylation is 1. The first-order chi connectivity index (χ1) is 12.6. The molecule has 2 aromatic rings. The van der Waals surface area contributed by atoms with Gasteiger partial charge in [0.05, 0.1) is 27.4 Å². The predicted octanol–water partition coefficient (Wildman–Crippen LogP) is 2.09. The van der Waals surface area contributed by atoms with Crippen LogP contribution in [0.25, 0.3) is 0 Å². The number of ether oxygens (including phenoxy) is 3. The third kappa shape index (κ3) is 3.29. The Morgan fingerprint density at radius 2 is 2.00 bits per heavy atom.